The molecule has 21 heavy (non-hydrogen) atoms. The number of aromatic nitrogens is 2. The van der Waals surface area contributed by atoms with Gasteiger partial charge in [0.05, 0.1) is 12.9 Å². The van der Waals surface area contributed by atoms with E-state index in [1.165, 1.54) is 11.8 Å². The summed E-state index contributed by atoms with van der Waals surface area (Å²) in [6, 6.07) is 8.15. The molecule has 0 bridgehead atoms. The van der Waals surface area contributed by atoms with Gasteiger partial charge in [-0.3, -0.25) is 9.36 Å². The Hall–Kier alpha value is -1.95. The smallest absolute Gasteiger partial charge is 0.230 e. The second kappa shape index (κ2) is 6.22. The molecule has 0 spiro atoms. The number of thioether (sulfide) groups is 1. The maximum Gasteiger partial charge on any atom is 0.230 e. The zero-order valence-electron chi connectivity index (χ0n) is 11.8. The molecule has 0 unspecified atom stereocenters. The lowest BCUT2D eigenvalue weighted by Crippen LogP contribution is -2.27. The Morgan fingerprint density at radius 1 is 1.43 bits per heavy atom. The number of rotatable bonds is 6. The molecule has 1 amide bonds. The van der Waals surface area contributed by atoms with Gasteiger partial charge in [-0.05, 0) is 37.1 Å². The Balaban J connectivity index is 1.66. The molecule has 0 saturated heterocycles. The number of amides is 1. The highest BCUT2D eigenvalue weighted by Gasteiger charge is 2.23. The van der Waals surface area contributed by atoms with Crippen LogP contribution in [-0.4, -0.2) is 34.4 Å². The van der Waals surface area contributed by atoms with E-state index in [0.29, 0.717) is 11.8 Å². The minimum absolute atomic E-state index is 0.0757. The Kier molecular flexibility index (Phi) is 4.15. The monoisotopic (exact) mass is 303 g/mol. The first kappa shape index (κ1) is 14.0. The molecule has 1 saturated carbocycles. The van der Waals surface area contributed by atoms with Crippen LogP contribution in [0.3, 0.4) is 0 Å². The summed E-state index contributed by atoms with van der Waals surface area (Å²) in [6.07, 6.45) is 5.85. The Morgan fingerprint density at radius 3 is 2.86 bits per heavy atom. The third-order valence-corrected chi connectivity index (χ3v) is 4.20. The zero-order chi connectivity index (χ0) is 14.7. The Bertz CT molecular complexity index is 620. The van der Waals surface area contributed by atoms with Gasteiger partial charge in [0.2, 0.25) is 5.91 Å². The summed E-state index contributed by atoms with van der Waals surface area (Å²) in [6.45, 7) is 0. The Morgan fingerprint density at radius 2 is 2.19 bits per heavy atom. The van der Waals surface area contributed by atoms with Crippen LogP contribution in [0.25, 0.3) is 5.69 Å². The molecule has 1 fully saturated rings. The molecular formula is C15H17N3O2S. The highest BCUT2D eigenvalue weighted by Crippen LogP contribution is 2.23. The molecule has 1 aromatic carbocycles. The quantitative estimate of drug-likeness (QED) is 0.832. The summed E-state index contributed by atoms with van der Waals surface area (Å²) in [5.74, 6) is 1.28. The van der Waals surface area contributed by atoms with Crippen molar-refractivity contribution < 1.29 is 9.53 Å². The summed E-state index contributed by atoms with van der Waals surface area (Å²) in [4.78, 5) is 16.1. The lowest BCUT2D eigenvalue weighted by atomic mass is 10.3. The van der Waals surface area contributed by atoms with E-state index in [9.17, 15) is 4.79 Å². The number of carbonyl (C=O) groups excluding carboxylic acids is 1. The molecule has 1 aromatic heterocycles. The molecule has 1 aliphatic rings. The standard InChI is InChI=1S/C15H17N3O2S/c1-20-13-6-4-12(5-7-13)18-9-8-16-15(18)21-10-14(19)17-11-2-3-11/h4-9,11H,2-3,10H2,1H3,(H,17,19). The fourth-order valence-electron chi connectivity index (χ4n) is 1.96. The number of nitrogens with one attached hydrogen (secondary N) is 1. The minimum Gasteiger partial charge on any atom is -0.497 e. The second-order valence-electron chi connectivity index (χ2n) is 4.91. The van der Waals surface area contributed by atoms with E-state index in [0.717, 1.165) is 29.4 Å². The van der Waals surface area contributed by atoms with Crippen LogP contribution in [0.4, 0.5) is 0 Å². The van der Waals surface area contributed by atoms with Gasteiger partial charge in [0.1, 0.15) is 5.75 Å². The van der Waals surface area contributed by atoms with Gasteiger partial charge in [0.25, 0.3) is 0 Å². The zero-order valence-corrected chi connectivity index (χ0v) is 12.6. The van der Waals surface area contributed by atoms with E-state index in [4.69, 9.17) is 4.74 Å². The van der Waals surface area contributed by atoms with E-state index < -0.39 is 0 Å². The summed E-state index contributed by atoms with van der Waals surface area (Å²) in [7, 11) is 1.64. The number of carbonyl (C=O) groups is 1. The first-order valence-corrected chi connectivity index (χ1v) is 7.85. The molecule has 6 heteroatoms. The summed E-state index contributed by atoms with van der Waals surface area (Å²) in [5.41, 5.74) is 0.999. The predicted molar refractivity (Wildman–Crippen MR) is 82.0 cm³/mol. The third kappa shape index (κ3) is 3.58. The normalized spacial score (nSPS) is 14.0. The van der Waals surface area contributed by atoms with E-state index >= 15 is 0 Å². The van der Waals surface area contributed by atoms with Crippen molar-refractivity contribution in [3.63, 3.8) is 0 Å². The maximum absolute atomic E-state index is 11.7. The first-order valence-electron chi connectivity index (χ1n) is 6.86. The van der Waals surface area contributed by atoms with Gasteiger partial charge in [-0.15, -0.1) is 0 Å². The molecule has 1 N–H and O–H groups in total. The van der Waals surface area contributed by atoms with Gasteiger partial charge in [-0.2, -0.15) is 0 Å². The van der Waals surface area contributed by atoms with Crippen LogP contribution in [0.2, 0.25) is 0 Å². The van der Waals surface area contributed by atoms with Crippen LogP contribution in [0.5, 0.6) is 5.75 Å². The molecule has 0 radical (unpaired) electrons. The predicted octanol–water partition coefficient (Wildman–Crippen LogP) is 2.25. The SMILES string of the molecule is COc1ccc(-n2ccnc2SCC(=O)NC2CC2)cc1. The minimum atomic E-state index is 0.0757. The van der Waals surface area contributed by atoms with Gasteiger partial charge in [0.15, 0.2) is 5.16 Å². The fraction of sp³-hybridized carbons (Fsp3) is 0.333. The van der Waals surface area contributed by atoms with E-state index in [1.54, 1.807) is 13.3 Å². The van der Waals surface area contributed by atoms with Crippen molar-refractivity contribution >= 4 is 17.7 Å². The molecule has 2 aromatic rings. The van der Waals surface area contributed by atoms with Crippen LogP contribution in [0.15, 0.2) is 41.8 Å². The molecule has 1 aliphatic carbocycles. The summed E-state index contributed by atoms with van der Waals surface area (Å²) in [5, 5.41) is 3.79. The maximum atomic E-state index is 11.7. The van der Waals surface area contributed by atoms with Crippen LogP contribution < -0.4 is 10.1 Å². The lowest BCUT2D eigenvalue weighted by molar-refractivity contribution is -0.118. The van der Waals surface area contributed by atoms with Crippen molar-refractivity contribution in [3.8, 4) is 11.4 Å². The first-order chi connectivity index (χ1) is 10.3. The summed E-state index contributed by atoms with van der Waals surface area (Å²) < 4.78 is 7.12. The van der Waals surface area contributed by atoms with Gasteiger partial charge in [-0.25, -0.2) is 4.98 Å². The van der Waals surface area contributed by atoms with Crippen molar-refractivity contribution in [1.82, 2.24) is 14.9 Å². The van der Waals surface area contributed by atoms with E-state index in [-0.39, 0.29) is 5.91 Å². The van der Waals surface area contributed by atoms with E-state index in [2.05, 4.69) is 10.3 Å². The van der Waals surface area contributed by atoms with Gasteiger partial charge < -0.3 is 10.1 Å². The number of imidazole rings is 1. The van der Waals surface area contributed by atoms with Gasteiger partial charge >= 0.3 is 0 Å². The molecular weight excluding hydrogens is 286 g/mol. The molecule has 3 rings (SSSR count). The highest BCUT2D eigenvalue weighted by molar-refractivity contribution is 7.99. The fourth-order valence-corrected chi connectivity index (χ4v) is 2.75. The summed E-state index contributed by atoms with van der Waals surface area (Å²) >= 11 is 1.44. The van der Waals surface area contributed by atoms with Crippen molar-refractivity contribution in [2.45, 2.75) is 24.0 Å². The average Bonchev–Trinajstić information content (AvgIpc) is 3.19. The van der Waals surface area contributed by atoms with Crippen molar-refractivity contribution in [3.05, 3.63) is 36.7 Å². The number of ether oxygens (including phenoxy) is 1. The van der Waals surface area contributed by atoms with Crippen molar-refractivity contribution in [2.75, 3.05) is 12.9 Å². The number of benzene rings is 1. The van der Waals surface area contributed by atoms with Gasteiger partial charge in [0, 0.05) is 24.1 Å². The van der Waals surface area contributed by atoms with Crippen LogP contribution >= 0.6 is 11.8 Å². The number of nitrogens with zero attached hydrogens (tertiary/aromatic N) is 2. The number of methoxy groups -OCH3 is 1. The molecule has 110 valence electrons. The second-order valence-corrected chi connectivity index (χ2v) is 5.85. The van der Waals surface area contributed by atoms with E-state index in [1.807, 2.05) is 35.0 Å². The topological polar surface area (TPSA) is 56.2 Å². The Labute approximate surface area is 127 Å². The number of hydrogen-bond acceptors (Lipinski definition) is 4. The average molecular weight is 303 g/mol. The van der Waals surface area contributed by atoms with Crippen molar-refractivity contribution in [1.29, 1.82) is 0 Å². The van der Waals surface area contributed by atoms with Crippen LogP contribution in [0.1, 0.15) is 12.8 Å². The largest absolute Gasteiger partial charge is 0.497 e. The van der Waals surface area contributed by atoms with Gasteiger partial charge in [-0.1, -0.05) is 11.8 Å². The molecule has 0 atom stereocenters. The highest BCUT2D eigenvalue weighted by atomic mass is 32.2. The molecule has 0 aliphatic heterocycles. The number of hydrogen-bond donors (Lipinski definition) is 1. The third-order valence-electron chi connectivity index (χ3n) is 3.23. The molecule has 1 heterocycles. The lowest BCUT2D eigenvalue weighted by Gasteiger charge is -2.08. The van der Waals surface area contributed by atoms with Crippen molar-refractivity contribution in [2.24, 2.45) is 0 Å². The van der Waals surface area contributed by atoms with Crippen LogP contribution in [0, 0.1) is 0 Å². The molecule has 5 nitrogen and oxygen atoms in total. The van der Waals surface area contributed by atoms with Crippen LogP contribution in [-0.2, 0) is 4.79 Å².